The molecular formula is C14H19NO2. The molecule has 1 aromatic carbocycles. The van der Waals surface area contributed by atoms with Gasteiger partial charge in [0.1, 0.15) is 0 Å². The molecule has 0 heterocycles. The molecule has 17 heavy (non-hydrogen) atoms. The smallest absolute Gasteiger partial charge is 0.335 e. The molecule has 2 N–H and O–H groups in total. The van der Waals surface area contributed by atoms with Crippen molar-refractivity contribution in [3.05, 3.63) is 34.9 Å². The molecule has 0 amide bonds. The minimum Gasteiger partial charge on any atom is -0.478 e. The van der Waals surface area contributed by atoms with Crippen LogP contribution in [0.1, 0.15) is 47.2 Å². The Labute approximate surface area is 102 Å². The van der Waals surface area contributed by atoms with Gasteiger partial charge in [-0.3, -0.25) is 0 Å². The van der Waals surface area contributed by atoms with E-state index in [0.717, 1.165) is 17.7 Å². The Morgan fingerprint density at radius 2 is 2.12 bits per heavy atom. The Hall–Kier alpha value is -1.35. The van der Waals surface area contributed by atoms with E-state index in [2.05, 4.69) is 5.32 Å². The number of carbonyl (C=O) groups is 1. The van der Waals surface area contributed by atoms with E-state index in [4.69, 9.17) is 5.11 Å². The van der Waals surface area contributed by atoms with Crippen LogP contribution in [0.2, 0.25) is 0 Å². The average Bonchev–Trinajstić information content (AvgIpc) is 2.80. The highest BCUT2D eigenvalue weighted by Crippen LogP contribution is 2.18. The van der Waals surface area contributed by atoms with Crippen LogP contribution < -0.4 is 5.32 Å². The normalized spacial score (nSPS) is 16.3. The van der Waals surface area contributed by atoms with Crippen LogP contribution >= 0.6 is 0 Å². The number of benzene rings is 1. The summed E-state index contributed by atoms with van der Waals surface area (Å²) in [5, 5.41) is 12.5. The summed E-state index contributed by atoms with van der Waals surface area (Å²) in [7, 11) is 0. The van der Waals surface area contributed by atoms with E-state index in [-0.39, 0.29) is 0 Å². The fraction of sp³-hybridized carbons (Fsp3) is 0.500. The van der Waals surface area contributed by atoms with Crippen molar-refractivity contribution in [2.45, 2.75) is 45.2 Å². The van der Waals surface area contributed by atoms with Crippen molar-refractivity contribution in [3.8, 4) is 0 Å². The quantitative estimate of drug-likeness (QED) is 0.840. The van der Waals surface area contributed by atoms with E-state index in [0.29, 0.717) is 11.6 Å². The van der Waals surface area contributed by atoms with Gasteiger partial charge in [0, 0.05) is 12.6 Å². The number of nitrogens with one attached hydrogen (secondary N) is 1. The molecule has 1 fully saturated rings. The zero-order valence-electron chi connectivity index (χ0n) is 10.2. The fourth-order valence-electron chi connectivity index (χ4n) is 2.40. The van der Waals surface area contributed by atoms with Crippen LogP contribution in [0.3, 0.4) is 0 Å². The molecule has 0 atom stereocenters. The Morgan fingerprint density at radius 1 is 1.41 bits per heavy atom. The molecule has 2 rings (SSSR count). The van der Waals surface area contributed by atoms with Crippen molar-refractivity contribution in [1.29, 1.82) is 0 Å². The second-order valence-electron chi connectivity index (χ2n) is 4.82. The molecule has 92 valence electrons. The molecule has 0 radical (unpaired) electrons. The van der Waals surface area contributed by atoms with Crippen LogP contribution in [0.25, 0.3) is 0 Å². The third kappa shape index (κ3) is 3.07. The van der Waals surface area contributed by atoms with Crippen LogP contribution in [0.5, 0.6) is 0 Å². The molecule has 3 nitrogen and oxygen atoms in total. The predicted molar refractivity (Wildman–Crippen MR) is 67.2 cm³/mol. The highest BCUT2D eigenvalue weighted by Gasteiger charge is 2.14. The van der Waals surface area contributed by atoms with Crippen molar-refractivity contribution >= 4 is 5.97 Å². The minimum absolute atomic E-state index is 0.413. The van der Waals surface area contributed by atoms with Crippen molar-refractivity contribution < 1.29 is 9.90 Å². The van der Waals surface area contributed by atoms with Crippen molar-refractivity contribution in [2.24, 2.45) is 0 Å². The summed E-state index contributed by atoms with van der Waals surface area (Å²) >= 11 is 0. The molecule has 1 aromatic rings. The second kappa shape index (κ2) is 5.32. The minimum atomic E-state index is -0.842. The summed E-state index contributed by atoms with van der Waals surface area (Å²) in [5.41, 5.74) is 2.29. The van der Waals surface area contributed by atoms with Crippen molar-refractivity contribution in [3.63, 3.8) is 0 Å². The van der Waals surface area contributed by atoms with Gasteiger partial charge in [0.2, 0.25) is 0 Å². The lowest BCUT2D eigenvalue weighted by atomic mass is 10.0. The zero-order valence-corrected chi connectivity index (χ0v) is 10.2. The summed E-state index contributed by atoms with van der Waals surface area (Å²) in [6.45, 7) is 2.60. The standard InChI is InChI=1S/C14H19NO2/c1-10-6-7-11(8-13(10)14(16)17)9-15-12-4-2-3-5-12/h6-8,12,15H,2-5,9H2,1H3,(H,16,17). The van der Waals surface area contributed by atoms with Gasteiger partial charge in [-0.25, -0.2) is 4.79 Å². The van der Waals surface area contributed by atoms with Crippen LogP contribution in [-0.2, 0) is 6.54 Å². The predicted octanol–water partition coefficient (Wildman–Crippen LogP) is 2.73. The Balaban J connectivity index is 2.00. The molecule has 0 aliphatic heterocycles. The second-order valence-corrected chi connectivity index (χ2v) is 4.82. The number of aromatic carboxylic acids is 1. The van der Waals surface area contributed by atoms with Crippen molar-refractivity contribution in [1.82, 2.24) is 5.32 Å². The lowest BCUT2D eigenvalue weighted by molar-refractivity contribution is 0.0696. The molecule has 0 aromatic heterocycles. The molecule has 0 spiro atoms. The van der Waals surface area contributed by atoms with E-state index in [1.165, 1.54) is 25.7 Å². The van der Waals surface area contributed by atoms with E-state index in [1.807, 2.05) is 19.1 Å². The summed E-state index contributed by atoms with van der Waals surface area (Å²) in [6, 6.07) is 6.28. The first-order chi connectivity index (χ1) is 8.16. The van der Waals surface area contributed by atoms with Crippen LogP contribution in [0.15, 0.2) is 18.2 Å². The van der Waals surface area contributed by atoms with Crippen molar-refractivity contribution in [2.75, 3.05) is 0 Å². The summed E-state index contributed by atoms with van der Waals surface area (Å²) in [5.74, 6) is -0.842. The summed E-state index contributed by atoms with van der Waals surface area (Å²) in [6.07, 6.45) is 5.12. The van der Waals surface area contributed by atoms with Gasteiger partial charge in [-0.1, -0.05) is 25.0 Å². The Morgan fingerprint density at radius 3 is 2.76 bits per heavy atom. The third-order valence-electron chi connectivity index (χ3n) is 3.48. The Bertz CT molecular complexity index is 409. The van der Waals surface area contributed by atoms with Gasteiger partial charge in [-0.2, -0.15) is 0 Å². The van der Waals surface area contributed by atoms with Gasteiger partial charge in [0.05, 0.1) is 5.56 Å². The van der Waals surface area contributed by atoms with E-state index in [9.17, 15) is 4.79 Å². The lowest BCUT2D eigenvalue weighted by Crippen LogP contribution is -2.25. The molecule has 1 aliphatic carbocycles. The van der Waals surface area contributed by atoms with E-state index in [1.54, 1.807) is 6.07 Å². The fourth-order valence-corrected chi connectivity index (χ4v) is 2.40. The maximum Gasteiger partial charge on any atom is 0.335 e. The average molecular weight is 233 g/mol. The first-order valence-electron chi connectivity index (χ1n) is 6.23. The lowest BCUT2D eigenvalue weighted by Gasteiger charge is -2.12. The third-order valence-corrected chi connectivity index (χ3v) is 3.48. The molecule has 3 heteroatoms. The van der Waals surface area contributed by atoms with Gasteiger partial charge >= 0.3 is 5.97 Å². The Kier molecular flexibility index (Phi) is 3.79. The SMILES string of the molecule is Cc1ccc(CNC2CCCC2)cc1C(=O)O. The number of hydrogen-bond donors (Lipinski definition) is 2. The molecule has 0 unspecified atom stereocenters. The topological polar surface area (TPSA) is 49.3 Å². The summed E-state index contributed by atoms with van der Waals surface area (Å²) < 4.78 is 0. The number of rotatable bonds is 4. The number of carboxylic acid groups (broad SMARTS) is 1. The van der Waals surface area contributed by atoms with Gasteiger partial charge in [0.15, 0.2) is 0 Å². The van der Waals surface area contributed by atoms with Crippen LogP contribution in [0.4, 0.5) is 0 Å². The maximum absolute atomic E-state index is 11.0. The first-order valence-corrected chi connectivity index (χ1v) is 6.23. The van der Waals surface area contributed by atoms with E-state index < -0.39 is 5.97 Å². The molecular weight excluding hydrogens is 214 g/mol. The number of aryl methyl sites for hydroxylation is 1. The van der Waals surface area contributed by atoms with Gasteiger partial charge in [-0.15, -0.1) is 0 Å². The maximum atomic E-state index is 11.0. The highest BCUT2D eigenvalue weighted by molar-refractivity contribution is 5.89. The number of hydrogen-bond acceptors (Lipinski definition) is 2. The first kappa shape index (κ1) is 12.1. The number of carboxylic acids is 1. The van der Waals surface area contributed by atoms with Gasteiger partial charge < -0.3 is 10.4 Å². The van der Waals surface area contributed by atoms with Gasteiger partial charge in [-0.05, 0) is 37.0 Å². The molecule has 0 saturated heterocycles. The molecule has 1 saturated carbocycles. The monoisotopic (exact) mass is 233 g/mol. The molecule has 0 bridgehead atoms. The zero-order chi connectivity index (χ0) is 12.3. The van der Waals surface area contributed by atoms with Gasteiger partial charge in [0.25, 0.3) is 0 Å². The highest BCUT2D eigenvalue weighted by atomic mass is 16.4. The van der Waals surface area contributed by atoms with Crippen LogP contribution in [-0.4, -0.2) is 17.1 Å². The van der Waals surface area contributed by atoms with E-state index >= 15 is 0 Å². The van der Waals surface area contributed by atoms with Crippen LogP contribution in [0, 0.1) is 6.92 Å². The molecule has 1 aliphatic rings. The summed E-state index contributed by atoms with van der Waals surface area (Å²) in [4.78, 5) is 11.0. The largest absolute Gasteiger partial charge is 0.478 e.